The van der Waals surface area contributed by atoms with Crippen LogP contribution in [0.5, 0.6) is 5.88 Å². The minimum atomic E-state index is -1.24. The van der Waals surface area contributed by atoms with Crippen LogP contribution in [-0.4, -0.2) is 24.2 Å². The quantitative estimate of drug-likeness (QED) is 0.521. The lowest BCUT2D eigenvalue weighted by Gasteiger charge is -2.49. The lowest BCUT2D eigenvalue weighted by atomic mass is 9.67. The van der Waals surface area contributed by atoms with Crippen molar-refractivity contribution in [3.8, 4) is 35.2 Å². The van der Waals surface area contributed by atoms with Crippen LogP contribution in [0.3, 0.4) is 0 Å². The molecule has 0 aliphatic carbocycles. The van der Waals surface area contributed by atoms with E-state index in [-0.39, 0.29) is 18.4 Å². The summed E-state index contributed by atoms with van der Waals surface area (Å²) in [5.74, 6) is 1.29. The number of rotatable bonds is 4. The Morgan fingerprint density at radius 2 is 1.71 bits per heavy atom. The fourth-order valence-corrected chi connectivity index (χ4v) is 5.63. The molecule has 6 nitrogen and oxygen atoms in total. The van der Waals surface area contributed by atoms with Crippen molar-refractivity contribution >= 4 is 5.82 Å². The zero-order valence-corrected chi connectivity index (χ0v) is 19.6. The van der Waals surface area contributed by atoms with Gasteiger partial charge in [0.1, 0.15) is 17.5 Å². The minimum Gasteiger partial charge on any atom is -0.477 e. The van der Waals surface area contributed by atoms with Crippen molar-refractivity contribution in [2.75, 3.05) is 18.1 Å². The van der Waals surface area contributed by atoms with Crippen LogP contribution in [-0.2, 0) is 6.42 Å². The van der Waals surface area contributed by atoms with E-state index in [1.165, 1.54) is 5.56 Å². The van der Waals surface area contributed by atoms with Crippen LogP contribution in [0, 0.1) is 39.4 Å². The zero-order valence-electron chi connectivity index (χ0n) is 19.6. The number of benzene rings is 2. The Morgan fingerprint density at radius 1 is 1.03 bits per heavy atom. The SMILES string of the molecule is CCOc1nc2c(c(-c3ccccc3)c1C#N)CC(C#N)(C#N)[C@H]1C[C@@H](c3ccccc3)CCN21. The van der Waals surface area contributed by atoms with E-state index < -0.39 is 5.41 Å². The number of fused-ring (bicyclic) bond motifs is 3. The van der Waals surface area contributed by atoms with Crippen molar-refractivity contribution in [3.63, 3.8) is 0 Å². The van der Waals surface area contributed by atoms with Crippen molar-refractivity contribution in [2.24, 2.45) is 5.41 Å². The van der Waals surface area contributed by atoms with Crippen LogP contribution >= 0.6 is 0 Å². The average molecular weight is 460 g/mol. The summed E-state index contributed by atoms with van der Waals surface area (Å²) in [6.45, 7) is 2.92. The molecule has 0 unspecified atom stereocenters. The van der Waals surface area contributed by atoms with Gasteiger partial charge in [-0.1, -0.05) is 60.7 Å². The normalized spacial score (nSPS) is 19.9. The third kappa shape index (κ3) is 3.67. The topological polar surface area (TPSA) is 96.7 Å². The lowest BCUT2D eigenvalue weighted by Crippen LogP contribution is -2.55. The summed E-state index contributed by atoms with van der Waals surface area (Å²) in [6, 6.07) is 26.7. The second-order valence-electron chi connectivity index (χ2n) is 9.09. The van der Waals surface area contributed by atoms with Gasteiger partial charge in [0.2, 0.25) is 5.88 Å². The van der Waals surface area contributed by atoms with E-state index in [1.807, 2.05) is 55.5 Å². The van der Waals surface area contributed by atoms with Crippen LogP contribution in [0.15, 0.2) is 60.7 Å². The number of ether oxygens (including phenoxy) is 1. The number of hydrogen-bond acceptors (Lipinski definition) is 6. The molecule has 1 saturated heterocycles. The first-order chi connectivity index (χ1) is 17.2. The molecule has 2 atom stereocenters. The Hall–Kier alpha value is -4.34. The number of pyridine rings is 1. The highest BCUT2D eigenvalue weighted by Gasteiger charge is 2.52. The highest BCUT2D eigenvalue weighted by atomic mass is 16.5. The number of nitrogens with zero attached hydrogens (tertiary/aromatic N) is 5. The van der Waals surface area contributed by atoms with Crippen LogP contribution < -0.4 is 9.64 Å². The van der Waals surface area contributed by atoms with E-state index in [1.54, 1.807) is 0 Å². The van der Waals surface area contributed by atoms with Gasteiger partial charge in [0, 0.05) is 24.1 Å². The summed E-state index contributed by atoms with van der Waals surface area (Å²) in [7, 11) is 0. The molecule has 1 fully saturated rings. The summed E-state index contributed by atoms with van der Waals surface area (Å²) in [5.41, 5.74) is 2.67. The Labute approximate surface area is 205 Å². The van der Waals surface area contributed by atoms with Gasteiger partial charge in [-0.3, -0.25) is 0 Å². The Kier molecular flexibility index (Phi) is 5.86. The van der Waals surface area contributed by atoms with E-state index in [9.17, 15) is 15.8 Å². The van der Waals surface area contributed by atoms with Crippen LogP contribution in [0.2, 0.25) is 0 Å². The monoisotopic (exact) mass is 459 g/mol. The minimum absolute atomic E-state index is 0.219. The largest absolute Gasteiger partial charge is 0.477 e. The molecule has 0 radical (unpaired) electrons. The predicted octanol–water partition coefficient (Wildman–Crippen LogP) is 5.36. The van der Waals surface area contributed by atoms with Crippen LogP contribution in [0.25, 0.3) is 11.1 Å². The lowest BCUT2D eigenvalue weighted by molar-refractivity contribution is 0.280. The molecule has 2 aromatic carbocycles. The van der Waals surface area contributed by atoms with E-state index >= 15 is 0 Å². The van der Waals surface area contributed by atoms with Gasteiger partial charge < -0.3 is 9.64 Å². The smallest absolute Gasteiger partial charge is 0.234 e. The third-order valence-corrected chi connectivity index (χ3v) is 7.27. The van der Waals surface area contributed by atoms with Gasteiger partial charge in [-0.2, -0.15) is 20.8 Å². The molecule has 172 valence electrons. The maximum absolute atomic E-state index is 10.4. The number of anilines is 1. The van der Waals surface area contributed by atoms with Crippen molar-refractivity contribution in [2.45, 2.75) is 38.1 Å². The first kappa shape index (κ1) is 22.5. The van der Waals surface area contributed by atoms with Gasteiger partial charge in [0.25, 0.3) is 0 Å². The van der Waals surface area contributed by atoms with Gasteiger partial charge >= 0.3 is 0 Å². The van der Waals surface area contributed by atoms with Crippen molar-refractivity contribution in [1.29, 1.82) is 15.8 Å². The van der Waals surface area contributed by atoms with Crippen molar-refractivity contribution < 1.29 is 4.74 Å². The number of nitriles is 3. The molecule has 0 amide bonds. The molecule has 3 heterocycles. The third-order valence-electron chi connectivity index (χ3n) is 7.27. The molecule has 6 heteroatoms. The summed E-state index contributed by atoms with van der Waals surface area (Å²) in [5, 5.41) is 30.9. The molecular formula is C29H25N5O. The fourth-order valence-electron chi connectivity index (χ4n) is 5.63. The Balaban J connectivity index is 1.71. The van der Waals surface area contributed by atoms with E-state index in [0.29, 0.717) is 36.6 Å². The molecule has 5 rings (SSSR count). The first-order valence-corrected chi connectivity index (χ1v) is 11.9. The van der Waals surface area contributed by atoms with Gasteiger partial charge in [0.05, 0.1) is 24.8 Å². The summed E-state index contributed by atoms with van der Waals surface area (Å²) in [4.78, 5) is 6.96. The van der Waals surface area contributed by atoms with Gasteiger partial charge in [-0.25, -0.2) is 0 Å². The highest BCUT2D eigenvalue weighted by molar-refractivity contribution is 5.82. The molecule has 2 aliphatic rings. The van der Waals surface area contributed by atoms with Crippen LogP contribution in [0.1, 0.15) is 42.4 Å². The molecule has 3 aromatic rings. The second kappa shape index (κ2) is 9.13. The Morgan fingerprint density at radius 3 is 2.34 bits per heavy atom. The van der Waals surface area contributed by atoms with E-state index in [2.05, 4.69) is 35.2 Å². The number of aromatic nitrogens is 1. The first-order valence-electron chi connectivity index (χ1n) is 11.9. The maximum Gasteiger partial charge on any atom is 0.234 e. The standard InChI is InChI=1S/C29H25N5O/c1-2-35-28-24(17-30)26(21-11-7-4-8-12-21)23-16-29(18-31,19-32)25-15-22(20-9-5-3-6-10-20)13-14-34(25)27(23)33-28/h3-12,22,25H,2,13-16H2,1H3/t22-,25+/m0/s1. The van der Waals surface area contributed by atoms with Crippen molar-refractivity contribution in [1.82, 2.24) is 4.98 Å². The second-order valence-corrected chi connectivity index (χ2v) is 9.09. The van der Waals surface area contributed by atoms with E-state index in [4.69, 9.17) is 9.72 Å². The van der Waals surface area contributed by atoms with Gasteiger partial charge in [0.15, 0.2) is 5.41 Å². The molecule has 0 N–H and O–H groups in total. The van der Waals surface area contributed by atoms with Crippen LogP contribution in [0.4, 0.5) is 5.82 Å². The summed E-state index contributed by atoms with van der Waals surface area (Å²) in [6.07, 6.45) is 1.80. The number of piperidine rings is 1. The maximum atomic E-state index is 10.4. The van der Waals surface area contributed by atoms with Crippen molar-refractivity contribution in [3.05, 3.63) is 77.4 Å². The Bertz CT molecular complexity index is 1350. The van der Waals surface area contributed by atoms with E-state index in [0.717, 1.165) is 23.4 Å². The molecule has 0 bridgehead atoms. The molecule has 35 heavy (non-hydrogen) atoms. The summed E-state index contributed by atoms with van der Waals surface area (Å²) < 4.78 is 5.84. The van der Waals surface area contributed by atoms with Gasteiger partial charge in [-0.05, 0) is 36.8 Å². The predicted molar refractivity (Wildman–Crippen MR) is 132 cm³/mol. The molecule has 2 aliphatic heterocycles. The van der Waals surface area contributed by atoms with Gasteiger partial charge in [-0.15, -0.1) is 0 Å². The zero-order chi connectivity index (χ0) is 24.4. The molecule has 0 spiro atoms. The molecular weight excluding hydrogens is 434 g/mol. The fraction of sp³-hybridized carbons (Fsp3) is 0.310. The summed E-state index contributed by atoms with van der Waals surface area (Å²) >= 11 is 0. The average Bonchev–Trinajstić information content (AvgIpc) is 2.93. The molecule has 0 saturated carbocycles. The highest BCUT2D eigenvalue weighted by Crippen LogP contribution is 2.51. The number of hydrogen-bond donors (Lipinski definition) is 0. The molecule has 1 aromatic heterocycles.